The van der Waals surface area contributed by atoms with Crippen LogP contribution < -0.4 is 0 Å². The highest BCUT2D eigenvalue weighted by atomic mass is 32.2. The first-order valence-electron chi connectivity index (χ1n) is 6.10. The van der Waals surface area contributed by atoms with Gasteiger partial charge in [0.05, 0.1) is 6.10 Å². The minimum absolute atomic E-state index is 0.288. The third-order valence-electron chi connectivity index (χ3n) is 2.81. The summed E-state index contributed by atoms with van der Waals surface area (Å²) < 4.78 is 0. The van der Waals surface area contributed by atoms with E-state index in [-0.39, 0.29) is 6.10 Å². The molecule has 0 spiro atoms. The normalized spacial score (nSPS) is 12.7. The molecule has 0 fully saturated rings. The van der Waals surface area contributed by atoms with Gasteiger partial charge in [0.15, 0.2) is 0 Å². The van der Waals surface area contributed by atoms with E-state index in [1.165, 1.54) is 24.2 Å². The van der Waals surface area contributed by atoms with Gasteiger partial charge in [-0.15, -0.1) is 11.8 Å². The molecule has 1 unspecified atom stereocenters. The van der Waals surface area contributed by atoms with E-state index >= 15 is 0 Å². The van der Waals surface area contributed by atoms with Crippen LogP contribution in [0.4, 0.5) is 0 Å². The van der Waals surface area contributed by atoms with Crippen molar-refractivity contribution in [2.75, 3.05) is 6.26 Å². The molecule has 0 aliphatic rings. The van der Waals surface area contributed by atoms with Crippen LogP contribution in [0.5, 0.6) is 0 Å². The lowest BCUT2D eigenvalue weighted by atomic mass is 10.0. The fourth-order valence-corrected chi connectivity index (χ4v) is 2.25. The van der Waals surface area contributed by atoms with Gasteiger partial charge in [0, 0.05) is 4.90 Å². The monoisotopic (exact) mass is 238 g/mol. The number of hydrogen-bond donors (Lipinski definition) is 1. The molecule has 0 saturated carbocycles. The number of rotatable bonds is 7. The topological polar surface area (TPSA) is 20.2 Å². The first kappa shape index (κ1) is 13.6. The second-order valence-electron chi connectivity index (χ2n) is 4.14. The van der Waals surface area contributed by atoms with Crippen LogP contribution >= 0.6 is 11.8 Å². The molecule has 1 nitrogen and oxygen atoms in total. The Morgan fingerprint density at radius 3 is 2.75 bits per heavy atom. The number of hydrogen-bond acceptors (Lipinski definition) is 2. The van der Waals surface area contributed by atoms with E-state index in [4.69, 9.17) is 0 Å². The molecule has 90 valence electrons. The van der Waals surface area contributed by atoms with Crippen LogP contribution in [0.2, 0.25) is 0 Å². The van der Waals surface area contributed by atoms with Crippen molar-refractivity contribution >= 4 is 11.8 Å². The van der Waals surface area contributed by atoms with E-state index in [0.29, 0.717) is 0 Å². The summed E-state index contributed by atoms with van der Waals surface area (Å²) in [6, 6.07) is 8.22. The summed E-state index contributed by atoms with van der Waals surface area (Å²) >= 11 is 1.72. The van der Waals surface area contributed by atoms with Gasteiger partial charge in [-0.1, -0.05) is 44.7 Å². The summed E-state index contributed by atoms with van der Waals surface area (Å²) in [4.78, 5) is 1.23. The molecule has 0 bridgehead atoms. The highest BCUT2D eigenvalue weighted by Gasteiger charge is 2.07. The molecular weight excluding hydrogens is 216 g/mol. The standard InChI is InChI=1S/C14H22OS/c1-3-4-5-6-10-14(15)12-8-7-9-13(11-12)16-2/h7-9,11,14-15H,3-6,10H2,1-2H3. The average Bonchev–Trinajstić information content (AvgIpc) is 2.34. The summed E-state index contributed by atoms with van der Waals surface area (Å²) in [5.41, 5.74) is 1.06. The van der Waals surface area contributed by atoms with E-state index in [0.717, 1.165) is 18.4 Å². The molecule has 0 aromatic heterocycles. The van der Waals surface area contributed by atoms with Crippen LogP contribution in [0.15, 0.2) is 29.2 Å². The van der Waals surface area contributed by atoms with Crippen LogP contribution in [-0.4, -0.2) is 11.4 Å². The summed E-state index contributed by atoms with van der Waals surface area (Å²) in [6.45, 7) is 2.21. The lowest BCUT2D eigenvalue weighted by Gasteiger charge is -2.11. The lowest BCUT2D eigenvalue weighted by Crippen LogP contribution is -1.97. The van der Waals surface area contributed by atoms with Crippen molar-refractivity contribution in [3.8, 4) is 0 Å². The fraction of sp³-hybridized carbons (Fsp3) is 0.571. The molecule has 1 atom stereocenters. The van der Waals surface area contributed by atoms with Crippen LogP contribution in [0.3, 0.4) is 0 Å². The number of aliphatic hydroxyl groups is 1. The largest absolute Gasteiger partial charge is 0.388 e. The number of unbranched alkanes of at least 4 members (excludes halogenated alkanes) is 3. The summed E-state index contributed by atoms with van der Waals surface area (Å²) in [5.74, 6) is 0. The van der Waals surface area contributed by atoms with Gasteiger partial charge in [0.2, 0.25) is 0 Å². The minimum Gasteiger partial charge on any atom is -0.388 e. The third kappa shape index (κ3) is 4.58. The first-order chi connectivity index (χ1) is 7.77. The Morgan fingerprint density at radius 1 is 1.25 bits per heavy atom. The van der Waals surface area contributed by atoms with Gasteiger partial charge >= 0.3 is 0 Å². The Kier molecular flexibility index (Phi) is 6.58. The van der Waals surface area contributed by atoms with Crippen molar-refractivity contribution in [2.45, 2.75) is 50.0 Å². The number of thioether (sulfide) groups is 1. The summed E-state index contributed by atoms with van der Waals surface area (Å²) in [6.07, 6.45) is 7.54. The van der Waals surface area contributed by atoms with Gasteiger partial charge in [-0.3, -0.25) is 0 Å². The molecule has 1 aromatic carbocycles. The molecule has 0 saturated heterocycles. The zero-order chi connectivity index (χ0) is 11.8. The van der Waals surface area contributed by atoms with Crippen LogP contribution in [0.1, 0.15) is 50.7 Å². The first-order valence-corrected chi connectivity index (χ1v) is 7.32. The number of benzene rings is 1. The van der Waals surface area contributed by atoms with Crippen molar-refractivity contribution in [3.63, 3.8) is 0 Å². The second kappa shape index (κ2) is 7.75. The smallest absolute Gasteiger partial charge is 0.0790 e. The molecule has 0 aliphatic heterocycles. The van der Waals surface area contributed by atoms with E-state index in [1.807, 2.05) is 12.1 Å². The maximum Gasteiger partial charge on any atom is 0.0790 e. The summed E-state index contributed by atoms with van der Waals surface area (Å²) in [7, 11) is 0. The van der Waals surface area contributed by atoms with Crippen LogP contribution in [0, 0.1) is 0 Å². The van der Waals surface area contributed by atoms with E-state index in [9.17, 15) is 5.11 Å². The zero-order valence-corrected chi connectivity index (χ0v) is 11.1. The van der Waals surface area contributed by atoms with Gasteiger partial charge in [0.25, 0.3) is 0 Å². The predicted molar refractivity (Wildman–Crippen MR) is 71.9 cm³/mol. The molecular formula is C14H22OS. The highest BCUT2D eigenvalue weighted by molar-refractivity contribution is 7.98. The van der Waals surface area contributed by atoms with Gasteiger partial charge in [-0.05, 0) is 30.4 Å². The van der Waals surface area contributed by atoms with Crippen LogP contribution in [-0.2, 0) is 0 Å². The number of aliphatic hydroxyl groups excluding tert-OH is 1. The fourth-order valence-electron chi connectivity index (χ4n) is 1.78. The Morgan fingerprint density at radius 2 is 2.06 bits per heavy atom. The van der Waals surface area contributed by atoms with Crippen molar-refractivity contribution < 1.29 is 5.11 Å². The SMILES string of the molecule is CCCCCCC(O)c1cccc(SC)c1. The van der Waals surface area contributed by atoms with E-state index in [2.05, 4.69) is 25.3 Å². The van der Waals surface area contributed by atoms with Crippen molar-refractivity contribution in [1.29, 1.82) is 0 Å². The Hall–Kier alpha value is -0.470. The van der Waals surface area contributed by atoms with Gasteiger partial charge in [0.1, 0.15) is 0 Å². The van der Waals surface area contributed by atoms with Crippen molar-refractivity contribution in [3.05, 3.63) is 29.8 Å². The highest BCUT2D eigenvalue weighted by Crippen LogP contribution is 2.24. The van der Waals surface area contributed by atoms with Crippen molar-refractivity contribution in [2.24, 2.45) is 0 Å². The maximum absolute atomic E-state index is 10.0. The van der Waals surface area contributed by atoms with Gasteiger partial charge in [-0.2, -0.15) is 0 Å². The van der Waals surface area contributed by atoms with E-state index in [1.54, 1.807) is 11.8 Å². The molecule has 0 aliphatic carbocycles. The Bertz CT molecular complexity index is 299. The minimum atomic E-state index is -0.288. The molecule has 0 amide bonds. The molecule has 0 heterocycles. The van der Waals surface area contributed by atoms with Gasteiger partial charge in [-0.25, -0.2) is 0 Å². The second-order valence-corrected chi connectivity index (χ2v) is 5.02. The third-order valence-corrected chi connectivity index (χ3v) is 3.54. The lowest BCUT2D eigenvalue weighted by molar-refractivity contribution is 0.163. The van der Waals surface area contributed by atoms with Gasteiger partial charge < -0.3 is 5.11 Å². The molecule has 1 aromatic rings. The Balaban J connectivity index is 2.42. The molecule has 1 N–H and O–H groups in total. The molecule has 0 radical (unpaired) electrons. The molecule has 1 rings (SSSR count). The Labute approximate surface area is 103 Å². The maximum atomic E-state index is 10.0. The molecule has 2 heteroatoms. The van der Waals surface area contributed by atoms with Crippen molar-refractivity contribution in [1.82, 2.24) is 0 Å². The zero-order valence-electron chi connectivity index (χ0n) is 10.3. The summed E-state index contributed by atoms with van der Waals surface area (Å²) in [5, 5.41) is 10.0. The van der Waals surface area contributed by atoms with E-state index < -0.39 is 0 Å². The quantitative estimate of drug-likeness (QED) is 0.561. The molecule has 16 heavy (non-hydrogen) atoms. The average molecular weight is 238 g/mol. The predicted octanol–water partition coefficient (Wildman–Crippen LogP) is 4.41. The van der Waals surface area contributed by atoms with Crippen LogP contribution in [0.25, 0.3) is 0 Å².